The van der Waals surface area contributed by atoms with Crippen LogP contribution in [-0.2, 0) is 29.2 Å². The zero-order chi connectivity index (χ0) is 37.1. The lowest BCUT2D eigenvalue weighted by molar-refractivity contribution is -0.144. The molecule has 1 aliphatic carbocycles. The maximum absolute atomic E-state index is 14.4. The fourth-order valence-corrected chi connectivity index (χ4v) is 9.15. The predicted octanol–water partition coefficient (Wildman–Crippen LogP) is 4.89. The molecule has 49 heavy (non-hydrogen) atoms. The van der Waals surface area contributed by atoms with Crippen molar-refractivity contribution >= 4 is 39.3 Å². The van der Waals surface area contributed by atoms with Gasteiger partial charge in [0.05, 0.1) is 11.8 Å². The minimum Gasteiger partial charge on any atom is -0.334 e. The van der Waals surface area contributed by atoms with Crippen molar-refractivity contribution in [2.75, 3.05) is 25.4 Å². The average Bonchev–Trinajstić information content (AvgIpc) is 3.31. The van der Waals surface area contributed by atoms with Crippen LogP contribution >= 0.6 is 0 Å². The summed E-state index contributed by atoms with van der Waals surface area (Å²) >= 11 is 0. The van der Waals surface area contributed by atoms with Crippen LogP contribution in [0.15, 0.2) is 12.7 Å². The predicted molar refractivity (Wildman–Crippen MR) is 191 cm³/mol. The summed E-state index contributed by atoms with van der Waals surface area (Å²) in [6.45, 7) is 22.0. The first-order valence-corrected chi connectivity index (χ1v) is 19.7. The van der Waals surface area contributed by atoms with Gasteiger partial charge in [0.25, 0.3) is 0 Å². The Bertz CT molecular complexity index is 1380. The molecule has 1 unspecified atom stereocenters. The van der Waals surface area contributed by atoms with Crippen molar-refractivity contribution in [1.29, 1.82) is 0 Å². The second-order valence-electron chi connectivity index (χ2n) is 17.2. The molecule has 11 nitrogen and oxygen atoms in total. The maximum atomic E-state index is 14.4. The normalized spacial score (nSPS) is 25.0. The molecule has 0 radical (unpaired) electrons. The third-order valence-electron chi connectivity index (χ3n) is 11.0. The highest BCUT2D eigenvalue weighted by atomic mass is 32.2. The fourth-order valence-electron chi connectivity index (χ4n) is 7.54. The number of unbranched alkanes of at least 4 members (excludes halogenated alkanes) is 1. The molecule has 0 aromatic carbocycles. The number of piperidine rings is 1. The Morgan fingerprint density at radius 1 is 1.00 bits per heavy atom. The molecule has 0 aromatic rings. The number of Topliss-reactive ketones (excluding diaryl/α,β-unsaturated/α-hetero) is 3. The van der Waals surface area contributed by atoms with Crippen LogP contribution in [0.25, 0.3) is 0 Å². The van der Waals surface area contributed by atoms with Crippen LogP contribution in [0.3, 0.4) is 0 Å². The Kier molecular flexibility index (Phi) is 13.1. The molecule has 12 heteroatoms. The molecule has 0 spiro atoms. The summed E-state index contributed by atoms with van der Waals surface area (Å²) in [6, 6.07) is -2.86. The van der Waals surface area contributed by atoms with Gasteiger partial charge in [-0.05, 0) is 53.8 Å². The van der Waals surface area contributed by atoms with E-state index in [-0.39, 0.29) is 54.1 Å². The summed E-state index contributed by atoms with van der Waals surface area (Å²) in [4.78, 5) is 69.7. The summed E-state index contributed by atoms with van der Waals surface area (Å²) < 4.78 is 26.9. The van der Waals surface area contributed by atoms with Crippen LogP contribution in [0.5, 0.6) is 0 Å². The van der Waals surface area contributed by atoms with Crippen molar-refractivity contribution in [2.24, 2.45) is 34.0 Å². The Morgan fingerprint density at radius 2 is 1.65 bits per heavy atom. The number of amides is 3. The van der Waals surface area contributed by atoms with E-state index in [4.69, 9.17) is 0 Å². The van der Waals surface area contributed by atoms with Crippen LogP contribution < -0.4 is 10.6 Å². The van der Waals surface area contributed by atoms with Crippen LogP contribution in [0.1, 0.15) is 114 Å². The molecule has 3 rings (SSSR count). The third-order valence-corrected chi connectivity index (χ3v) is 12.9. The molecule has 0 bridgehead atoms. The molecule has 2 aliphatic heterocycles. The van der Waals surface area contributed by atoms with Gasteiger partial charge in [-0.1, -0.05) is 81.2 Å². The summed E-state index contributed by atoms with van der Waals surface area (Å²) in [5.74, 6) is -2.22. The highest BCUT2D eigenvalue weighted by molar-refractivity contribution is 7.89. The Morgan fingerprint density at radius 3 is 2.20 bits per heavy atom. The number of urea groups is 1. The van der Waals surface area contributed by atoms with Crippen LogP contribution in [0, 0.1) is 34.0 Å². The molecule has 0 aromatic heterocycles. The number of allylic oxidation sites excluding steroid dienone is 1. The first-order chi connectivity index (χ1) is 22.6. The minimum absolute atomic E-state index is 0.0653. The van der Waals surface area contributed by atoms with Gasteiger partial charge in [0, 0.05) is 44.4 Å². The number of fused-ring (bicyclic) bond motifs is 1. The second-order valence-corrected chi connectivity index (χ2v) is 19.3. The van der Waals surface area contributed by atoms with E-state index < -0.39 is 62.5 Å². The highest BCUT2D eigenvalue weighted by Crippen LogP contribution is 2.65. The number of hydrogen-bond donors (Lipinski definition) is 2. The van der Waals surface area contributed by atoms with E-state index in [1.165, 1.54) is 4.31 Å². The quantitative estimate of drug-likeness (QED) is 0.171. The lowest BCUT2D eigenvalue weighted by Crippen LogP contribution is -2.62. The molecular weight excluding hydrogens is 644 g/mol. The number of nitrogens with one attached hydrogen (secondary N) is 2. The number of ketones is 3. The second kappa shape index (κ2) is 15.7. The zero-order valence-electron chi connectivity index (χ0n) is 31.4. The van der Waals surface area contributed by atoms with Crippen molar-refractivity contribution in [1.82, 2.24) is 19.8 Å². The number of likely N-dealkylation sites (tertiary alicyclic amines) is 1. The number of carbonyl (C=O) groups excluding carboxylic acids is 5. The molecule has 3 aliphatic rings. The van der Waals surface area contributed by atoms with Crippen LogP contribution in [0.4, 0.5) is 4.79 Å². The minimum atomic E-state index is -3.41. The average molecular weight is 707 g/mol. The topological polar surface area (TPSA) is 150 Å². The molecule has 278 valence electrons. The summed E-state index contributed by atoms with van der Waals surface area (Å²) in [5, 5.41) is 5.87. The van der Waals surface area contributed by atoms with Crippen molar-refractivity contribution < 1.29 is 32.4 Å². The lowest BCUT2D eigenvalue weighted by atomic mass is 9.83. The molecule has 2 N–H and O–H groups in total. The van der Waals surface area contributed by atoms with E-state index in [1.807, 2.05) is 48.5 Å². The van der Waals surface area contributed by atoms with Gasteiger partial charge in [0.1, 0.15) is 6.04 Å². The lowest BCUT2D eigenvalue weighted by Gasteiger charge is -2.39. The largest absolute Gasteiger partial charge is 0.334 e. The van der Waals surface area contributed by atoms with Crippen LogP contribution in [-0.4, -0.2) is 90.4 Å². The Balaban J connectivity index is 1.83. The van der Waals surface area contributed by atoms with E-state index in [0.717, 1.165) is 12.8 Å². The molecule has 3 fully saturated rings. The fraction of sp³-hybridized carbons (Fsp3) is 0.811. The summed E-state index contributed by atoms with van der Waals surface area (Å²) in [6.07, 6.45) is 5.27. The SMILES string of the molecule is C=CCCC(=O)C(=O)C(CCCC)CC(=O)[C@@H]1[C@@H]2[C@H](CN1C(=O)[C@@H](NC(=O)N[C@H](CN1CCCCS1(=O)=O)C(C)(C)C)C(C)(C)C)C2(C)C. The summed E-state index contributed by atoms with van der Waals surface area (Å²) in [5.41, 5.74) is -1.37. The van der Waals surface area contributed by atoms with Gasteiger partial charge >= 0.3 is 6.03 Å². The van der Waals surface area contributed by atoms with Crippen molar-refractivity contribution in [3.05, 3.63) is 12.7 Å². The molecule has 2 heterocycles. The van der Waals surface area contributed by atoms with Gasteiger partial charge < -0.3 is 15.5 Å². The molecule has 6 atom stereocenters. The van der Waals surface area contributed by atoms with Gasteiger partial charge in [0.15, 0.2) is 11.6 Å². The molecule has 3 amide bonds. The van der Waals surface area contributed by atoms with E-state index in [2.05, 4.69) is 31.1 Å². The van der Waals surface area contributed by atoms with Gasteiger partial charge in [0.2, 0.25) is 21.7 Å². The number of nitrogens with zero attached hydrogens (tertiary/aromatic N) is 2. The standard InChI is InChI=1S/C37H62N4O7S/c1-11-13-17-24(31(44)26(42)18-14-12-2)21-27(43)30-29-25(37(29,9)10)22-41(30)33(45)32(36(6,7)8)39-34(46)38-28(35(3,4)5)23-40-19-15-16-20-49(40,47)48/h12,24-25,28-30,32H,2,11,13-23H2,1,3-10H3,(H2,38,39,46)/t24?,25-,28+,29-,30+,32+/m0/s1. The molecule has 1 saturated carbocycles. The maximum Gasteiger partial charge on any atom is 0.315 e. The first kappa shape index (κ1) is 40.8. The van der Waals surface area contributed by atoms with E-state index in [0.29, 0.717) is 38.8 Å². The number of hydrogen-bond acceptors (Lipinski definition) is 7. The number of sulfonamides is 1. The first-order valence-electron chi connectivity index (χ1n) is 18.1. The Labute approximate surface area is 294 Å². The van der Waals surface area contributed by atoms with Crippen molar-refractivity contribution in [3.8, 4) is 0 Å². The van der Waals surface area contributed by atoms with Gasteiger partial charge in [-0.15, -0.1) is 6.58 Å². The van der Waals surface area contributed by atoms with E-state index in [1.54, 1.807) is 11.0 Å². The number of carbonyl (C=O) groups is 5. The smallest absolute Gasteiger partial charge is 0.315 e. The molecular formula is C37H62N4O7S. The highest BCUT2D eigenvalue weighted by Gasteiger charge is 2.69. The van der Waals surface area contributed by atoms with Crippen LogP contribution in [0.2, 0.25) is 0 Å². The zero-order valence-corrected chi connectivity index (χ0v) is 32.2. The van der Waals surface area contributed by atoms with Crippen molar-refractivity contribution in [2.45, 2.75) is 132 Å². The summed E-state index contributed by atoms with van der Waals surface area (Å²) in [7, 11) is -3.41. The number of rotatable bonds is 16. The van der Waals surface area contributed by atoms with Gasteiger partial charge in [-0.2, -0.15) is 4.31 Å². The Hall–Kier alpha value is -2.60. The van der Waals surface area contributed by atoms with Crippen molar-refractivity contribution in [3.63, 3.8) is 0 Å². The van der Waals surface area contributed by atoms with Gasteiger partial charge in [-0.25, -0.2) is 13.2 Å². The third kappa shape index (κ3) is 9.80. The van der Waals surface area contributed by atoms with E-state index >= 15 is 0 Å². The van der Waals surface area contributed by atoms with Gasteiger partial charge in [-0.3, -0.25) is 19.2 Å². The molecule has 2 saturated heterocycles. The van der Waals surface area contributed by atoms with E-state index in [9.17, 15) is 32.4 Å². The monoisotopic (exact) mass is 706 g/mol.